The fourth-order valence-corrected chi connectivity index (χ4v) is 2.99. The van der Waals surface area contributed by atoms with Gasteiger partial charge in [0, 0.05) is 19.0 Å². The van der Waals surface area contributed by atoms with Crippen molar-refractivity contribution in [3.63, 3.8) is 0 Å². The summed E-state index contributed by atoms with van der Waals surface area (Å²) >= 11 is 0. The van der Waals surface area contributed by atoms with Gasteiger partial charge in [0.05, 0.1) is 12.4 Å². The number of hydrogen-bond acceptors (Lipinski definition) is 5. The molecule has 116 valence electrons. The van der Waals surface area contributed by atoms with E-state index in [1.165, 1.54) is 18.5 Å². The normalized spacial score (nSPS) is 18.6. The molecule has 1 saturated heterocycles. The summed E-state index contributed by atoms with van der Waals surface area (Å²) in [5, 5.41) is 5.02. The number of benzene rings is 1. The number of hydrogen-bond donors (Lipinski definition) is 1. The van der Waals surface area contributed by atoms with E-state index in [0.717, 1.165) is 18.5 Å². The Morgan fingerprint density at radius 2 is 2.00 bits per heavy atom. The summed E-state index contributed by atoms with van der Waals surface area (Å²) in [6.45, 7) is 1.40. The predicted molar refractivity (Wildman–Crippen MR) is 79.4 cm³/mol. The van der Waals surface area contributed by atoms with Crippen LogP contribution in [0.4, 0.5) is 10.3 Å². The van der Waals surface area contributed by atoms with Crippen molar-refractivity contribution in [3.05, 3.63) is 48.0 Å². The molecule has 2 heterocycles. The van der Waals surface area contributed by atoms with Crippen molar-refractivity contribution in [2.75, 3.05) is 18.0 Å². The van der Waals surface area contributed by atoms with E-state index in [0.29, 0.717) is 12.5 Å². The van der Waals surface area contributed by atoms with Crippen molar-refractivity contribution in [2.24, 2.45) is 5.14 Å². The van der Waals surface area contributed by atoms with Crippen molar-refractivity contribution in [1.29, 1.82) is 0 Å². The molecule has 2 aromatic rings. The molecule has 6 nitrogen and oxygen atoms in total. The van der Waals surface area contributed by atoms with E-state index in [1.807, 2.05) is 11.0 Å². The Kier molecular flexibility index (Phi) is 3.79. The van der Waals surface area contributed by atoms with Gasteiger partial charge in [0.2, 0.25) is 16.0 Å². The number of rotatable bonds is 3. The Hall–Kier alpha value is -2.06. The molecule has 1 aliphatic heterocycles. The van der Waals surface area contributed by atoms with E-state index in [9.17, 15) is 12.8 Å². The Bertz CT molecular complexity index is 780. The monoisotopic (exact) mass is 322 g/mol. The highest BCUT2D eigenvalue weighted by Gasteiger charge is 2.26. The zero-order valence-corrected chi connectivity index (χ0v) is 12.5. The van der Waals surface area contributed by atoms with Crippen LogP contribution in [0.25, 0.3) is 0 Å². The maximum atomic E-state index is 13.3. The largest absolute Gasteiger partial charge is 0.340 e. The van der Waals surface area contributed by atoms with Gasteiger partial charge in [-0.1, -0.05) is 12.1 Å². The molecule has 1 aromatic carbocycles. The van der Waals surface area contributed by atoms with E-state index >= 15 is 0 Å². The summed E-state index contributed by atoms with van der Waals surface area (Å²) in [6, 6.07) is 6.57. The number of halogens is 1. The van der Waals surface area contributed by atoms with Crippen LogP contribution in [0, 0.1) is 5.82 Å². The van der Waals surface area contributed by atoms with E-state index in [2.05, 4.69) is 9.97 Å². The smallest absolute Gasteiger partial charge is 0.241 e. The summed E-state index contributed by atoms with van der Waals surface area (Å²) in [4.78, 5) is 9.94. The quantitative estimate of drug-likeness (QED) is 0.919. The minimum absolute atomic E-state index is 0.114. The van der Waals surface area contributed by atoms with Crippen molar-refractivity contribution >= 4 is 16.0 Å². The third kappa shape index (κ3) is 3.07. The van der Waals surface area contributed by atoms with Crippen molar-refractivity contribution < 1.29 is 12.8 Å². The maximum absolute atomic E-state index is 13.3. The van der Waals surface area contributed by atoms with Crippen LogP contribution in [-0.4, -0.2) is 31.5 Å². The SMILES string of the molecule is NS(=O)(=O)c1cnc(N2CCC(c3cccc(F)c3)C2)nc1. The molecule has 1 aliphatic rings. The van der Waals surface area contributed by atoms with Crippen LogP contribution < -0.4 is 10.0 Å². The molecule has 3 rings (SSSR count). The number of primary sulfonamides is 1. The van der Waals surface area contributed by atoms with Gasteiger partial charge in [0.15, 0.2) is 0 Å². The lowest BCUT2D eigenvalue weighted by molar-refractivity contribution is 0.596. The first-order chi connectivity index (χ1) is 10.4. The molecule has 0 amide bonds. The lowest BCUT2D eigenvalue weighted by Gasteiger charge is -2.16. The van der Waals surface area contributed by atoms with E-state index in [4.69, 9.17) is 5.14 Å². The van der Waals surface area contributed by atoms with Crippen LogP contribution in [-0.2, 0) is 10.0 Å². The molecule has 1 atom stereocenters. The molecule has 1 fully saturated rings. The molecule has 8 heteroatoms. The Morgan fingerprint density at radius 3 is 2.64 bits per heavy atom. The standard InChI is InChI=1S/C14H15FN4O2S/c15-12-3-1-2-10(6-12)11-4-5-19(9-11)14-17-7-13(8-18-14)22(16,20)21/h1-3,6-8,11H,4-5,9H2,(H2,16,20,21). The van der Waals surface area contributed by atoms with Crippen LogP contribution in [0.5, 0.6) is 0 Å². The molecule has 0 aliphatic carbocycles. The molecule has 0 radical (unpaired) electrons. The minimum Gasteiger partial charge on any atom is -0.340 e. The Balaban J connectivity index is 1.75. The van der Waals surface area contributed by atoms with Crippen molar-refractivity contribution in [2.45, 2.75) is 17.2 Å². The van der Waals surface area contributed by atoms with Gasteiger partial charge < -0.3 is 4.90 Å². The summed E-state index contributed by atoms with van der Waals surface area (Å²) in [7, 11) is -3.79. The summed E-state index contributed by atoms with van der Waals surface area (Å²) in [5.41, 5.74) is 0.948. The van der Waals surface area contributed by atoms with Crippen LogP contribution in [0.15, 0.2) is 41.6 Å². The highest BCUT2D eigenvalue weighted by molar-refractivity contribution is 7.89. The van der Waals surface area contributed by atoms with Crippen molar-refractivity contribution in [1.82, 2.24) is 9.97 Å². The van der Waals surface area contributed by atoms with E-state index in [1.54, 1.807) is 12.1 Å². The molecule has 1 aromatic heterocycles. The highest BCUT2D eigenvalue weighted by atomic mass is 32.2. The third-order valence-electron chi connectivity index (χ3n) is 3.73. The van der Waals surface area contributed by atoms with Crippen LogP contribution in [0.3, 0.4) is 0 Å². The van der Waals surface area contributed by atoms with Gasteiger partial charge in [-0.3, -0.25) is 0 Å². The lowest BCUT2D eigenvalue weighted by Crippen LogP contribution is -2.22. The van der Waals surface area contributed by atoms with E-state index in [-0.39, 0.29) is 16.6 Å². The summed E-state index contributed by atoms with van der Waals surface area (Å²) in [6.07, 6.45) is 3.27. The van der Waals surface area contributed by atoms with Crippen LogP contribution in [0.2, 0.25) is 0 Å². The zero-order valence-electron chi connectivity index (χ0n) is 11.7. The Morgan fingerprint density at radius 1 is 1.27 bits per heavy atom. The predicted octanol–water partition coefficient (Wildman–Crippen LogP) is 1.26. The fraction of sp³-hybridized carbons (Fsp3) is 0.286. The topological polar surface area (TPSA) is 89.2 Å². The summed E-state index contributed by atoms with van der Waals surface area (Å²) < 4.78 is 35.7. The maximum Gasteiger partial charge on any atom is 0.241 e. The van der Waals surface area contributed by atoms with Gasteiger partial charge in [-0.05, 0) is 24.1 Å². The second-order valence-corrected chi connectivity index (χ2v) is 6.81. The second-order valence-electron chi connectivity index (χ2n) is 5.25. The van der Waals surface area contributed by atoms with Crippen LogP contribution in [0.1, 0.15) is 17.9 Å². The fourth-order valence-electron chi connectivity index (χ4n) is 2.59. The minimum atomic E-state index is -3.79. The molecule has 1 unspecified atom stereocenters. The van der Waals surface area contributed by atoms with E-state index < -0.39 is 10.0 Å². The molecular formula is C14H15FN4O2S. The molecular weight excluding hydrogens is 307 g/mol. The van der Waals surface area contributed by atoms with Gasteiger partial charge in [-0.25, -0.2) is 27.9 Å². The first kappa shape index (κ1) is 14.9. The molecule has 0 saturated carbocycles. The average molecular weight is 322 g/mol. The van der Waals surface area contributed by atoms with Gasteiger partial charge in [0.1, 0.15) is 10.7 Å². The molecule has 22 heavy (non-hydrogen) atoms. The molecule has 2 N–H and O–H groups in total. The number of nitrogens with zero attached hydrogens (tertiary/aromatic N) is 3. The first-order valence-electron chi connectivity index (χ1n) is 6.79. The third-order valence-corrected chi connectivity index (χ3v) is 4.60. The first-order valence-corrected chi connectivity index (χ1v) is 8.33. The van der Waals surface area contributed by atoms with Gasteiger partial charge in [-0.2, -0.15) is 0 Å². The Labute approximate surface area is 127 Å². The summed E-state index contributed by atoms with van der Waals surface area (Å²) in [5.74, 6) is 0.410. The molecule has 0 bridgehead atoms. The lowest BCUT2D eigenvalue weighted by atomic mass is 9.98. The van der Waals surface area contributed by atoms with Gasteiger partial charge in [0.25, 0.3) is 0 Å². The average Bonchev–Trinajstić information content (AvgIpc) is 2.96. The number of aromatic nitrogens is 2. The molecule has 0 spiro atoms. The highest BCUT2D eigenvalue weighted by Crippen LogP contribution is 2.29. The number of sulfonamides is 1. The number of anilines is 1. The van der Waals surface area contributed by atoms with Gasteiger partial charge in [-0.15, -0.1) is 0 Å². The van der Waals surface area contributed by atoms with Gasteiger partial charge >= 0.3 is 0 Å². The van der Waals surface area contributed by atoms with Crippen LogP contribution >= 0.6 is 0 Å². The second kappa shape index (κ2) is 5.62. The zero-order chi connectivity index (χ0) is 15.7. The number of nitrogens with two attached hydrogens (primary N) is 1. The van der Waals surface area contributed by atoms with Crippen molar-refractivity contribution in [3.8, 4) is 0 Å².